The molecule has 0 saturated heterocycles. The summed E-state index contributed by atoms with van der Waals surface area (Å²) in [5, 5.41) is 17.7. The number of benzene rings is 1. The molecule has 0 amide bonds. The second kappa shape index (κ2) is 5.07. The lowest BCUT2D eigenvalue weighted by Gasteiger charge is -2.08. The van der Waals surface area contributed by atoms with Crippen LogP contribution in [0.5, 0.6) is 0 Å². The maximum absolute atomic E-state index is 10.9. The van der Waals surface area contributed by atoms with E-state index in [1.165, 1.54) is 4.57 Å². The number of aliphatic carboxylic acids is 2. The second-order valence-corrected chi connectivity index (χ2v) is 4.15. The number of nitrogens with two attached hydrogens (primary N) is 1. The van der Waals surface area contributed by atoms with Crippen molar-refractivity contribution in [3.05, 3.63) is 30.1 Å². The van der Waals surface area contributed by atoms with Crippen LogP contribution in [0.4, 0.5) is 0 Å². The van der Waals surface area contributed by atoms with Gasteiger partial charge < -0.3 is 20.5 Å². The first-order valence-corrected chi connectivity index (χ1v) is 5.63. The lowest BCUT2D eigenvalue weighted by molar-refractivity contribution is -0.138. The molecule has 1 atom stereocenters. The summed E-state index contributed by atoms with van der Waals surface area (Å²) in [6.45, 7) is -0.276. The minimum absolute atomic E-state index is 0.0166. The minimum atomic E-state index is -1.14. The molecular formula is C12H13N3O4. The third-order valence-corrected chi connectivity index (χ3v) is 2.75. The number of aromatic nitrogens is 2. The van der Waals surface area contributed by atoms with E-state index >= 15 is 0 Å². The number of carbonyl (C=O) groups is 2. The van der Waals surface area contributed by atoms with Crippen LogP contribution in [0.15, 0.2) is 24.3 Å². The fourth-order valence-electron chi connectivity index (χ4n) is 1.88. The van der Waals surface area contributed by atoms with Gasteiger partial charge in [-0.3, -0.25) is 9.59 Å². The van der Waals surface area contributed by atoms with Gasteiger partial charge in [0.05, 0.1) is 11.0 Å². The monoisotopic (exact) mass is 263 g/mol. The quantitative estimate of drug-likeness (QED) is 0.702. The molecule has 0 spiro atoms. The highest BCUT2D eigenvalue weighted by molar-refractivity contribution is 5.79. The van der Waals surface area contributed by atoms with Gasteiger partial charge in [-0.15, -0.1) is 0 Å². The van der Waals surface area contributed by atoms with E-state index in [4.69, 9.17) is 15.9 Å². The summed E-state index contributed by atoms with van der Waals surface area (Å²) in [5.41, 5.74) is 6.74. The Morgan fingerprint density at radius 1 is 1.32 bits per heavy atom. The molecule has 0 fully saturated rings. The second-order valence-electron chi connectivity index (χ2n) is 4.15. The largest absolute Gasteiger partial charge is 0.480 e. The standard InChI is InChI=1S/C12H13N3O4/c13-7(12(18)19)5-10-14-8-3-1-2-4-9(8)15(10)6-11(16)17/h1-4,7H,5-6,13H2,(H,16,17)(H,18,19)/t7-/m1/s1. The van der Waals surface area contributed by atoms with Crippen LogP contribution in [0.25, 0.3) is 11.0 Å². The molecule has 7 heteroatoms. The molecule has 0 bridgehead atoms. The highest BCUT2D eigenvalue weighted by Crippen LogP contribution is 2.16. The van der Waals surface area contributed by atoms with Gasteiger partial charge >= 0.3 is 11.9 Å². The molecule has 0 unspecified atom stereocenters. The van der Waals surface area contributed by atoms with Crippen molar-refractivity contribution in [2.75, 3.05) is 0 Å². The molecular weight excluding hydrogens is 250 g/mol. The van der Waals surface area contributed by atoms with E-state index in [9.17, 15) is 9.59 Å². The van der Waals surface area contributed by atoms with Crippen molar-refractivity contribution in [1.82, 2.24) is 9.55 Å². The highest BCUT2D eigenvalue weighted by Gasteiger charge is 2.19. The van der Waals surface area contributed by atoms with Crippen LogP contribution < -0.4 is 5.73 Å². The van der Waals surface area contributed by atoms with E-state index < -0.39 is 18.0 Å². The zero-order valence-electron chi connectivity index (χ0n) is 9.98. The minimum Gasteiger partial charge on any atom is -0.480 e. The van der Waals surface area contributed by atoms with Gasteiger partial charge in [-0.2, -0.15) is 0 Å². The Bertz CT molecular complexity index is 635. The van der Waals surface area contributed by atoms with Crippen molar-refractivity contribution >= 4 is 23.0 Å². The van der Waals surface area contributed by atoms with Crippen LogP contribution in [0.2, 0.25) is 0 Å². The van der Waals surface area contributed by atoms with E-state index in [-0.39, 0.29) is 13.0 Å². The molecule has 7 nitrogen and oxygen atoms in total. The summed E-state index contributed by atoms with van der Waals surface area (Å²) in [7, 11) is 0. The fraction of sp³-hybridized carbons (Fsp3) is 0.250. The van der Waals surface area contributed by atoms with Gasteiger partial charge in [0, 0.05) is 6.42 Å². The van der Waals surface area contributed by atoms with Crippen molar-refractivity contribution in [3.63, 3.8) is 0 Å². The van der Waals surface area contributed by atoms with Crippen molar-refractivity contribution < 1.29 is 19.8 Å². The van der Waals surface area contributed by atoms with Crippen molar-refractivity contribution in [2.45, 2.75) is 19.0 Å². The number of hydrogen-bond acceptors (Lipinski definition) is 4. The molecule has 4 N–H and O–H groups in total. The summed E-state index contributed by atoms with van der Waals surface area (Å²) in [6.07, 6.45) is -0.0166. The Labute approximate surface area is 108 Å². The van der Waals surface area contributed by atoms with Gasteiger partial charge in [-0.05, 0) is 12.1 Å². The molecule has 1 heterocycles. The van der Waals surface area contributed by atoms with E-state index in [0.29, 0.717) is 16.9 Å². The van der Waals surface area contributed by atoms with Gasteiger partial charge in [0.1, 0.15) is 18.4 Å². The van der Waals surface area contributed by atoms with Gasteiger partial charge in [0.25, 0.3) is 0 Å². The number of imidazole rings is 1. The van der Waals surface area contributed by atoms with Gasteiger partial charge in [-0.25, -0.2) is 4.98 Å². The molecule has 0 aliphatic rings. The first kappa shape index (κ1) is 13.0. The number of carboxylic acids is 2. The Kier molecular flexibility index (Phi) is 3.48. The zero-order valence-corrected chi connectivity index (χ0v) is 9.98. The SMILES string of the molecule is N[C@H](Cc1nc2ccccc2n1CC(=O)O)C(=O)O. The molecule has 0 saturated carbocycles. The van der Waals surface area contributed by atoms with Crippen LogP contribution >= 0.6 is 0 Å². The lowest BCUT2D eigenvalue weighted by Crippen LogP contribution is -2.33. The Hall–Kier alpha value is -2.41. The van der Waals surface area contributed by atoms with Crippen molar-refractivity contribution in [3.8, 4) is 0 Å². The number of para-hydroxylation sites is 2. The Morgan fingerprint density at radius 3 is 2.63 bits per heavy atom. The molecule has 0 aliphatic carbocycles. The lowest BCUT2D eigenvalue weighted by atomic mass is 10.2. The van der Waals surface area contributed by atoms with Gasteiger partial charge in [0.2, 0.25) is 0 Å². The van der Waals surface area contributed by atoms with E-state index in [1.807, 2.05) is 0 Å². The average molecular weight is 263 g/mol. The molecule has 0 aliphatic heterocycles. The first-order chi connectivity index (χ1) is 8.99. The van der Waals surface area contributed by atoms with Crippen LogP contribution in [-0.4, -0.2) is 37.7 Å². The number of carboxylic acid groups (broad SMARTS) is 2. The van der Waals surface area contributed by atoms with Crippen LogP contribution in [0.1, 0.15) is 5.82 Å². The van der Waals surface area contributed by atoms with Crippen LogP contribution in [0, 0.1) is 0 Å². The Balaban J connectivity index is 2.46. The summed E-state index contributed by atoms with van der Waals surface area (Å²) in [4.78, 5) is 25.9. The number of fused-ring (bicyclic) bond motifs is 1. The molecule has 19 heavy (non-hydrogen) atoms. The Morgan fingerprint density at radius 2 is 2.00 bits per heavy atom. The summed E-state index contributed by atoms with van der Waals surface area (Å²) in [6, 6.07) is 5.92. The zero-order chi connectivity index (χ0) is 14.0. The van der Waals surface area contributed by atoms with Crippen LogP contribution in [-0.2, 0) is 22.6 Å². The third-order valence-electron chi connectivity index (χ3n) is 2.75. The predicted octanol–water partition coefficient (Wildman–Crippen LogP) is 0.0753. The highest BCUT2D eigenvalue weighted by atomic mass is 16.4. The van der Waals surface area contributed by atoms with Crippen LogP contribution in [0.3, 0.4) is 0 Å². The fourth-order valence-corrected chi connectivity index (χ4v) is 1.88. The smallest absolute Gasteiger partial charge is 0.323 e. The van der Waals surface area contributed by atoms with E-state index in [1.54, 1.807) is 24.3 Å². The summed E-state index contributed by atoms with van der Waals surface area (Å²) >= 11 is 0. The van der Waals surface area contributed by atoms with E-state index in [2.05, 4.69) is 4.98 Å². The molecule has 2 rings (SSSR count). The normalized spacial score (nSPS) is 12.5. The topological polar surface area (TPSA) is 118 Å². The molecule has 1 aromatic carbocycles. The summed E-state index contributed by atoms with van der Waals surface area (Å²) < 4.78 is 1.47. The maximum Gasteiger partial charge on any atom is 0.323 e. The molecule has 2 aromatic rings. The summed E-state index contributed by atoms with van der Waals surface area (Å²) in [5.74, 6) is -1.80. The maximum atomic E-state index is 10.9. The van der Waals surface area contributed by atoms with Crippen molar-refractivity contribution in [1.29, 1.82) is 0 Å². The molecule has 0 radical (unpaired) electrons. The number of hydrogen-bond donors (Lipinski definition) is 3. The molecule has 100 valence electrons. The van der Waals surface area contributed by atoms with Gasteiger partial charge in [-0.1, -0.05) is 12.1 Å². The molecule has 1 aromatic heterocycles. The predicted molar refractivity (Wildman–Crippen MR) is 66.7 cm³/mol. The van der Waals surface area contributed by atoms with Crippen molar-refractivity contribution in [2.24, 2.45) is 5.73 Å². The van der Waals surface area contributed by atoms with Gasteiger partial charge in [0.15, 0.2) is 0 Å². The first-order valence-electron chi connectivity index (χ1n) is 5.63. The number of rotatable bonds is 5. The van der Waals surface area contributed by atoms with E-state index in [0.717, 1.165) is 0 Å². The number of nitrogens with zero attached hydrogens (tertiary/aromatic N) is 2. The third kappa shape index (κ3) is 2.71. The average Bonchev–Trinajstić information content (AvgIpc) is 2.67.